The number of imidazole rings is 1. The van der Waals surface area contributed by atoms with Gasteiger partial charge in [0.05, 0.1) is 28.3 Å². The number of benzene rings is 1. The molecule has 6 aromatic rings. The van der Waals surface area contributed by atoms with Crippen LogP contribution in [0.1, 0.15) is 12.5 Å². The maximum atomic E-state index is 16.1. The van der Waals surface area contributed by atoms with E-state index in [0.29, 0.717) is 63.7 Å². The van der Waals surface area contributed by atoms with Gasteiger partial charge in [-0.2, -0.15) is 5.10 Å². The summed E-state index contributed by atoms with van der Waals surface area (Å²) >= 11 is 0. The predicted octanol–water partition coefficient (Wildman–Crippen LogP) is 4.99. The van der Waals surface area contributed by atoms with Gasteiger partial charge in [0.15, 0.2) is 11.6 Å². The molecule has 0 spiro atoms. The van der Waals surface area contributed by atoms with Crippen molar-refractivity contribution < 1.29 is 8.78 Å². The molecule has 214 valence electrons. The number of nitrogens with zero attached hydrogens (tertiary/aromatic N) is 6. The minimum Gasteiger partial charge on any atom is -0.384 e. The molecule has 0 aliphatic heterocycles. The molecular formula is C30H30F2N10. The zero-order chi connectivity index (χ0) is 29.2. The maximum Gasteiger partial charge on any atom is 0.161 e. The highest BCUT2D eigenvalue weighted by atomic mass is 19.1. The smallest absolute Gasteiger partial charge is 0.161 e. The number of likely N-dealkylation sites (N-methyl/N-ethyl adjacent to an activating group) is 1. The molecule has 0 saturated carbocycles. The largest absolute Gasteiger partial charge is 0.384 e. The molecule has 5 aromatic heterocycles. The second-order valence-corrected chi connectivity index (χ2v) is 10.2. The van der Waals surface area contributed by atoms with Gasteiger partial charge in [-0.1, -0.05) is 6.92 Å². The Bertz CT molecular complexity index is 1880. The fraction of sp³-hybridized carbons (Fsp3) is 0.233. The van der Waals surface area contributed by atoms with Crippen molar-refractivity contribution in [3.05, 3.63) is 72.3 Å². The zero-order valence-electron chi connectivity index (χ0n) is 23.5. The van der Waals surface area contributed by atoms with Crippen molar-refractivity contribution in [2.75, 3.05) is 39.0 Å². The fourth-order valence-corrected chi connectivity index (χ4v) is 4.84. The van der Waals surface area contributed by atoms with Gasteiger partial charge in [0.25, 0.3) is 0 Å². The van der Waals surface area contributed by atoms with Crippen molar-refractivity contribution in [1.82, 2.24) is 45.3 Å². The summed E-state index contributed by atoms with van der Waals surface area (Å²) in [6, 6.07) is 8.35. The molecule has 5 heterocycles. The van der Waals surface area contributed by atoms with Crippen LogP contribution in [0, 0.1) is 11.6 Å². The standard InChI is InChI=1S/C30H30F2N10/c1-4-33-13-17-9-19(15-34-14-17)26-25(32)24-23(16-37-26)40-41-29(24)30-38-22-5-6-36-27(28(22)39-30)18-10-20(31)12-21(11-18)35-7-8-42(2)3/h5-6,9-12,14-16,33,35H,4,7-8,13H2,1-3H3,(H,38,39)(H,40,41). The van der Waals surface area contributed by atoms with Gasteiger partial charge < -0.3 is 20.5 Å². The summed E-state index contributed by atoms with van der Waals surface area (Å²) in [7, 11) is 3.95. The van der Waals surface area contributed by atoms with Crippen LogP contribution in [0.4, 0.5) is 14.5 Å². The van der Waals surface area contributed by atoms with Gasteiger partial charge in [-0.3, -0.25) is 20.1 Å². The minimum atomic E-state index is -0.531. The molecule has 0 unspecified atom stereocenters. The third-order valence-corrected chi connectivity index (χ3v) is 6.88. The molecule has 0 saturated heterocycles. The first kappa shape index (κ1) is 27.4. The first-order valence-corrected chi connectivity index (χ1v) is 13.6. The number of nitrogens with one attached hydrogen (secondary N) is 4. The van der Waals surface area contributed by atoms with Crippen molar-refractivity contribution in [2.45, 2.75) is 13.5 Å². The topological polar surface area (TPSA) is 123 Å². The van der Waals surface area contributed by atoms with Crippen LogP contribution in [0.2, 0.25) is 0 Å². The number of halogens is 2. The third kappa shape index (κ3) is 5.41. The maximum absolute atomic E-state index is 16.1. The van der Waals surface area contributed by atoms with E-state index in [1.165, 1.54) is 12.1 Å². The summed E-state index contributed by atoms with van der Waals surface area (Å²) in [6.07, 6.45) is 6.51. The normalized spacial score (nSPS) is 11.7. The Labute approximate surface area is 240 Å². The van der Waals surface area contributed by atoms with Crippen molar-refractivity contribution >= 4 is 27.6 Å². The van der Waals surface area contributed by atoms with Crippen LogP contribution in [-0.4, -0.2) is 73.7 Å². The van der Waals surface area contributed by atoms with Crippen LogP contribution < -0.4 is 10.6 Å². The molecule has 0 aliphatic rings. The second-order valence-electron chi connectivity index (χ2n) is 10.2. The third-order valence-electron chi connectivity index (χ3n) is 6.88. The Morgan fingerprint density at radius 3 is 2.64 bits per heavy atom. The number of aromatic amines is 2. The van der Waals surface area contributed by atoms with Gasteiger partial charge in [-0.25, -0.2) is 13.8 Å². The van der Waals surface area contributed by atoms with E-state index < -0.39 is 5.82 Å². The summed E-state index contributed by atoms with van der Waals surface area (Å²) in [6.45, 7) is 4.90. The van der Waals surface area contributed by atoms with E-state index in [0.717, 1.165) is 18.7 Å². The Hall–Kier alpha value is -4.81. The van der Waals surface area contributed by atoms with Gasteiger partial charge in [0, 0.05) is 55.0 Å². The van der Waals surface area contributed by atoms with Crippen molar-refractivity contribution in [3.8, 4) is 34.0 Å². The summed E-state index contributed by atoms with van der Waals surface area (Å²) in [5.41, 5.74) is 5.28. The number of fused-ring (bicyclic) bond motifs is 2. The Morgan fingerprint density at radius 2 is 1.81 bits per heavy atom. The lowest BCUT2D eigenvalue weighted by atomic mass is 10.1. The molecule has 4 N–H and O–H groups in total. The van der Waals surface area contributed by atoms with E-state index in [9.17, 15) is 4.39 Å². The monoisotopic (exact) mass is 568 g/mol. The first-order chi connectivity index (χ1) is 20.4. The van der Waals surface area contributed by atoms with Crippen molar-refractivity contribution in [1.29, 1.82) is 0 Å². The molecule has 1 aromatic carbocycles. The number of anilines is 1. The lowest BCUT2D eigenvalue weighted by Gasteiger charge is -2.12. The molecule has 10 nitrogen and oxygen atoms in total. The van der Waals surface area contributed by atoms with E-state index in [-0.39, 0.29) is 16.9 Å². The highest BCUT2D eigenvalue weighted by Gasteiger charge is 2.22. The number of H-pyrrole nitrogens is 2. The number of aromatic nitrogens is 7. The summed E-state index contributed by atoms with van der Waals surface area (Å²) in [5, 5.41) is 14.0. The molecule has 0 fully saturated rings. The van der Waals surface area contributed by atoms with Gasteiger partial charge in [0.1, 0.15) is 22.7 Å². The molecule has 0 aliphatic carbocycles. The Balaban J connectivity index is 1.40. The molecule has 0 atom stereocenters. The highest BCUT2D eigenvalue weighted by molar-refractivity contribution is 5.97. The van der Waals surface area contributed by atoms with E-state index in [2.05, 4.69) is 40.8 Å². The summed E-state index contributed by atoms with van der Waals surface area (Å²) in [4.78, 5) is 23.2. The molecule has 42 heavy (non-hydrogen) atoms. The first-order valence-electron chi connectivity index (χ1n) is 13.6. The molecule has 0 bridgehead atoms. The Morgan fingerprint density at radius 1 is 0.929 bits per heavy atom. The quantitative estimate of drug-likeness (QED) is 0.182. The van der Waals surface area contributed by atoms with Gasteiger partial charge in [0.2, 0.25) is 0 Å². The summed E-state index contributed by atoms with van der Waals surface area (Å²) < 4.78 is 30.7. The fourth-order valence-electron chi connectivity index (χ4n) is 4.84. The highest BCUT2D eigenvalue weighted by Crippen LogP contribution is 2.34. The molecule has 6 rings (SSSR count). The van der Waals surface area contributed by atoms with Crippen molar-refractivity contribution in [2.24, 2.45) is 0 Å². The minimum absolute atomic E-state index is 0.170. The summed E-state index contributed by atoms with van der Waals surface area (Å²) in [5.74, 6) is -0.573. The van der Waals surface area contributed by atoms with E-state index >= 15 is 4.39 Å². The van der Waals surface area contributed by atoms with E-state index in [1.807, 2.05) is 38.1 Å². The van der Waals surface area contributed by atoms with E-state index in [1.54, 1.807) is 30.9 Å². The van der Waals surface area contributed by atoms with Crippen LogP contribution in [0.25, 0.3) is 56.0 Å². The molecular weight excluding hydrogens is 538 g/mol. The van der Waals surface area contributed by atoms with Crippen LogP contribution in [-0.2, 0) is 6.54 Å². The number of hydrogen-bond donors (Lipinski definition) is 4. The second kappa shape index (κ2) is 11.6. The average Bonchev–Trinajstić information content (AvgIpc) is 3.61. The zero-order valence-corrected chi connectivity index (χ0v) is 23.5. The Kier molecular flexibility index (Phi) is 7.55. The van der Waals surface area contributed by atoms with Crippen LogP contribution >= 0.6 is 0 Å². The SMILES string of the molecule is CCNCc1cncc(-c2ncc3[nH]nc(-c4nc5c(-c6cc(F)cc(NCCN(C)C)c6)nccc5[nH]4)c3c2F)c1. The van der Waals surface area contributed by atoms with Crippen LogP contribution in [0.3, 0.4) is 0 Å². The number of rotatable bonds is 10. The predicted molar refractivity (Wildman–Crippen MR) is 160 cm³/mol. The van der Waals surface area contributed by atoms with Crippen molar-refractivity contribution in [3.63, 3.8) is 0 Å². The number of hydrogen-bond acceptors (Lipinski definition) is 8. The van der Waals surface area contributed by atoms with Gasteiger partial charge >= 0.3 is 0 Å². The van der Waals surface area contributed by atoms with Crippen LogP contribution in [0.15, 0.2) is 55.1 Å². The lowest BCUT2D eigenvalue weighted by molar-refractivity contribution is 0.425. The van der Waals surface area contributed by atoms with E-state index in [4.69, 9.17) is 4.98 Å². The van der Waals surface area contributed by atoms with Gasteiger partial charge in [-0.05, 0) is 56.5 Å². The molecule has 0 amide bonds. The average molecular weight is 569 g/mol. The van der Waals surface area contributed by atoms with Crippen LogP contribution in [0.5, 0.6) is 0 Å². The lowest BCUT2D eigenvalue weighted by Crippen LogP contribution is -2.20. The molecule has 12 heteroatoms. The molecule has 0 radical (unpaired) electrons. The number of pyridine rings is 3. The van der Waals surface area contributed by atoms with Gasteiger partial charge in [-0.15, -0.1) is 0 Å².